The number of imidazole rings is 1. The Kier molecular flexibility index (Phi) is 6.70. The second-order valence-electron chi connectivity index (χ2n) is 12.5. The normalized spacial score (nSPS) is 17.8. The monoisotopic (exact) mass is 561 g/mol. The van der Waals surface area contributed by atoms with Crippen molar-refractivity contribution in [1.82, 2.24) is 34.1 Å². The number of hydrogen-bond acceptors (Lipinski definition) is 6. The Hall–Kier alpha value is -4.02. The van der Waals surface area contributed by atoms with Crippen LogP contribution < -0.4 is 10.1 Å². The minimum atomic E-state index is -0.462. The molecule has 1 saturated heterocycles. The van der Waals surface area contributed by atoms with Gasteiger partial charge in [0, 0.05) is 43.7 Å². The van der Waals surface area contributed by atoms with E-state index >= 15 is 0 Å². The number of rotatable bonds is 6. The smallest absolute Gasteiger partial charge is 0.407 e. The molecule has 2 aliphatic rings. The van der Waals surface area contributed by atoms with E-state index in [1.165, 1.54) is 12.8 Å². The molecule has 1 saturated carbocycles. The molecule has 2 fully saturated rings. The Balaban J connectivity index is 1.31. The number of nitrogens with one attached hydrogen (secondary N) is 1. The molecule has 1 aromatic carbocycles. The first kappa shape index (κ1) is 27.2. The van der Waals surface area contributed by atoms with Crippen LogP contribution in [-0.4, -0.2) is 72.6 Å². The van der Waals surface area contributed by atoms with Gasteiger partial charge in [-0.05, 0) is 70.6 Å². The van der Waals surface area contributed by atoms with Crippen LogP contribution in [0.1, 0.15) is 56.8 Å². The van der Waals surface area contributed by atoms with Crippen LogP contribution in [0.5, 0.6) is 5.75 Å². The summed E-state index contributed by atoms with van der Waals surface area (Å²) >= 11 is 0. The Morgan fingerprint density at radius 2 is 1.90 bits per heavy atom. The van der Waals surface area contributed by atoms with Crippen molar-refractivity contribution in [2.75, 3.05) is 20.2 Å². The molecule has 0 unspecified atom stereocenters. The van der Waals surface area contributed by atoms with E-state index < -0.39 is 11.6 Å². The molecule has 11 nitrogen and oxygen atoms in total. The lowest BCUT2D eigenvalue weighted by molar-refractivity contribution is 0.0322. The van der Waals surface area contributed by atoms with Crippen LogP contribution in [0, 0.1) is 5.92 Å². The predicted molar refractivity (Wildman–Crippen MR) is 156 cm³/mol. The molecule has 41 heavy (non-hydrogen) atoms. The number of likely N-dealkylation sites (tertiary alicyclic amines) is 1. The quantitative estimate of drug-likeness (QED) is 0.372. The zero-order chi connectivity index (χ0) is 29.1. The highest BCUT2D eigenvalue weighted by atomic mass is 16.6. The minimum Gasteiger partial charge on any atom is -0.494 e. The van der Waals surface area contributed by atoms with Crippen molar-refractivity contribution in [1.29, 1.82) is 0 Å². The van der Waals surface area contributed by atoms with Gasteiger partial charge in [0.25, 0.3) is 5.91 Å². The van der Waals surface area contributed by atoms with Crippen molar-refractivity contribution >= 4 is 34.1 Å². The summed E-state index contributed by atoms with van der Waals surface area (Å²) in [7, 11) is 5.57. The number of ether oxygens (including phenoxy) is 2. The molecule has 2 amide bonds. The number of alkyl carbamates (subject to hydrolysis) is 1. The fourth-order valence-electron chi connectivity index (χ4n) is 5.86. The van der Waals surface area contributed by atoms with E-state index in [0.717, 1.165) is 47.5 Å². The van der Waals surface area contributed by atoms with E-state index in [2.05, 4.69) is 21.0 Å². The number of carbonyl (C=O) groups is 2. The van der Waals surface area contributed by atoms with Crippen LogP contribution in [-0.2, 0) is 25.4 Å². The second-order valence-corrected chi connectivity index (χ2v) is 12.5. The number of fused-ring (bicyclic) bond motifs is 2. The molecule has 4 aromatic rings. The van der Waals surface area contributed by atoms with Gasteiger partial charge in [0.2, 0.25) is 0 Å². The van der Waals surface area contributed by atoms with E-state index in [1.54, 1.807) is 18.1 Å². The van der Waals surface area contributed by atoms with Gasteiger partial charge in [0.1, 0.15) is 23.0 Å². The Morgan fingerprint density at radius 3 is 2.61 bits per heavy atom. The van der Waals surface area contributed by atoms with Gasteiger partial charge in [-0.3, -0.25) is 9.48 Å². The molecule has 1 aliphatic heterocycles. The molecule has 218 valence electrons. The largest absolute Gasteiger partial charge is 0.494 e. The third kappa shape index (κ3) is 5.25. The summed E-state index contributed by atoms with van der Waals surface area (Å²) in [6, 6.07) is 5.78. The summed E-state index contributed by atoms with van der Waals surface area (Å²) in [4.78, 5) is 32.8. The first-order valence-electron chi connectivity index (χ1n) is 14.4. The van der Waals surface area contributed by atoms with Gasteiger partial charge in [0.05, 0.1) is 31.1 Å². The van der Waals surface area contributed by atoms with Gasteiger partial charge in [0.15, 0.2) is 5.82 Å². The van der Waals surface area contributed by atoms with E-state index in [-0.39, 0.29) is 12.0 Å². The third-order valence-electron chi connectivity index (χ3n) is 7.96. The number of piperidine rings is 1. The number of amides is 2. The van der Waals surface area contributed by atoms with E-state index in [4.69, 9.17) is 14.5 Å². The van der Waals surface area contributed by atoms with Gasteiger partial charge < -0.3 is 28.8 Å². The topological polar surface area (TPSA) is 108 Å². The van der Waals surface area contributed by atoms with Gasteiger partial charge in [-0.25, -0.2) is 9.78 Å². The van der Waals surface area contributed by atoms with Crippen LogP contribution in [0.2, 0.25) is 0 Å². The molecular weight excluding hydrogens is 522 g/mol. The Labute approximate surface area is 239 Å². The maximum absolute atomic E-state index is 13.7. The standard InChI is InChI=1S/C30H39N7O4/c1-30(2,3)33-29(39)41-21-8-7-11-36(17-21)28(38)19-12-22-25(24(14-19)40-6)34(4)26(32-22)23-13-20-15-31-35(5)27(20)37(23)16-18-9-10-18/h12-15,18,21H,7-11,16-17H2,1-6H3,(H,33,39)/t21-/m1/s1. The van der Waals surface area contributed by atoms with Crippen molar-refractivity contribution in [3.8, 4) is 17.3 Å². The Bertz CT molecular complexity index is 1640. The maximum Gasteiger partial charge on any atom is 0.407 e. The van der Waals surface area contributed by atoms with Gasteiger partial charge in [-0.2, -0.15) is 5.10 Å². The Morgan fingerprint density at radius 1 is 1.12 bits per heavy atom. The highest BCUT2D eigenvalue weighted by molar-refractivity contribution is 6.00. The summed E-state index contributed by atoms with van der Waals surface area (Å²) in [6.07, 6.45) is 5.03. The molecule has 0 radical (unpaired) electrons. The van der Waals surface area contributed by atoms with Crippen LogP contribution in [0.3, 0.4) is 0 Å². The number of hydrogen-bond donors (Lipinski definition) is 1. The molecule has 4 heterocycles. The average Bonchev–Trinajstić information content (AvgIpc) is 3.44. The molecule has 3 aromatic heterocycles. The lowest BCUT2D eigenvalue weighted by Gasteiger charge is -2.33. The highest BCUT2D eigenvalue weighted by Gasteiger charge is 2.30. The number of carbonyl (C=O) groups excluding carboxylic acids is 2. The van der Waals surface area contributed by atoms with Crippen molar-refractivity contribution in [2.24, 2.45) is 20.0 Å². The maximum atomic E-state index is 13.7. The van der Waals surface area contributed by atoms with Crippen molar-refractivity contribution in [3.05, 3.63) is 30.0 Å². The minimum absolute atomic E-state index is 0.129. The zero-order valence-electron chi connectivity index (χ0n) is 24.7. The molecule has 0 spiro atoms. The van der Waals surface area contributed by atoms with Gasteiger partial charge in [-0.15, -0.1) is 0 Å². The summed E-state index contributed by atoms with van der Waals surface area (Å²) in [5, 5.41) is 8.37. The molecule has 6 rings (SSSR count). The van der Waals surface area contributed by atoms with Gasteiger partial charge in [-0.1, -0.05) is 0 Å². The summed E-state index contributed by atoms with van der Waals surface area (Å²) in [5.74, 6) is 1.95. The van der Waals surface area contributed by atoms with E-state index in [1.807, 2.05) is 56.4 Å². The fourth-order valence-corrected chi connectivity index (χ4v) is 5.86. The molecule has 11 heteroatoms. The van der Waals surface area contributed by atoms with Crippen LogP contribution in [0.4, 0.5) is 4.79 Å². The summed E-state index contributed by atoms with van der Waals surface area (Å²) in [5.41, 5.74) is 3.75. The van der Waals surface area contributed by atoms with Crippen LogP contribution >= 0.6 is 0 Å². The molecular formula is C30H39N7O4. The summed E-state index contributed by atoms with van der Waals surface area (Å²) in [6.45, 7) is 7.58. The average molecular weight is 562 g/mol. The highest BCUT2D eigenvalue weighted by Crippen LogP contribution is 2.38. The molecule has 1 N–H and O–H groups in total. The number of aryl methyl sites for hydroxylation is 2. The fraction of sp³-hybridized carbons (Fsp3) is 0.533. The molecule has 1 atom stereocenters. The van der Waals surface area contributed by atoms with Crippen molar-refractivity contribution in [2.45, 2.75) is 64.6 Å². The SMILES string of the molecule is COc1cc(C(=O)N2CCC[C@@H](OC(=O)NC(C)(C)C)C2)cc2nc(-c3cc4cnn(C)c4n3CC3CC3)n(C)c12. The van der Waals surface area contributed by atoms with Crippen molar-refractivity contribution < 1.29 is 19.1 Å². The van der Waals surface area contributed by atoms with Gasteiger partial charge >= 0.3 is 6.09 Å². The number of aromatic nitrogens is 5. The van der Waals surface area contributed by atoms with Crippen LogP contribution in [0.25, 0.3) is 33.6 Å². The van der Waals surface area contributed by atoms with Crippen LogP contribution in [0.15, 0.2) is 24.4 Å². The first-order valence-corrected chi connectivity index (χ1v) is 14.4. The molecule has 1 aliphatic carbocycles. The number of benzene rings is 1. The lowest BCUT2D eigenvalue weighted by atomic mass is 10.1. The number of methoxy groups -OCH3 is 1. The lowest BCUT2D eigenvalue weighted by Crippen LogP contribution is -2.47. The van der Waals surface area contributed by atoms with Crippen molar-refractivity contribution in [3.63, 3.8) is 0 Å². The first-order chi connectivity index (χ1) is 19.5. The summed E-state index contributed by atoms with van der Waals surface area (Å²) < 4.78 is 17.7. The van der Waals surface area contributed by atoms with E-state index in [0.29, 0.717) is 35.8 Å². The predicted octanol–water partition coefficient (Wildman–Crippen LogP) is 4.48. The zero-order valence-corrected chi connectivity index (χ0v) is 24.7. The third-order valence-corrected chi connectivity index (χ3v) is 7.96. The molecule has 0 bridgehead atoms. The van der Waals surface area contributed by atoms with E-state index in [9.17, 15) is 9.59 Å². The second kappa shape index (κ2) is 10.1. The number of nitrogens with zero attached hydrogens (tertiary/aromatic N) is 6.